The molecule has 0 bridgehead atoms. The van der Waals surface area contributed by atoms with Crippen LogP contribution in [0.2, 0.25) is 0 Å². The van der Waals surface area contributed by atoms with Gasteiger partial charge in [-0.15, -0.1) is 10.2 Å². The minimum absolute atomic E-state index is 0.416. The van der Waals surface area contributed by atoms with E-state index in [4.69, 9.17) is 0 Å². The number of carbonyl (C=O) groups excluding carboxylic acids is 2. The molecule has 7 nitrogen and oxygen atoms in total. The predicted molar refractivity (Wildman–Crippen MR) is 130 cm³/mol. The molecule has 1 aromatic heterocycles. The second-order valence-corrected chi connectivity index (χ2v) is 8.61. The van der Waals surface area contributed by atoms with E-state index >= 15 is 0 Å². The number of anilines is 1. The third-order valence-electron chi connectivity index (χ3n) is 4.84. The summed E-state index contributed by atoms with van der Waals surface area (Å²) < 4.78 is 1.95. The van der Waals surface area contributed by atoms with Gasteiger partial charge in [0.25, 0.3) is 0 Å². The van der Waals surface area contributed by atoms with Crippen molar-refractivity contribution in [3.05, 3.63) is 102 Å². The maximum Gasteiger partial charge on any atom is 0.325 e. The van der Waals surface area contributed by atoms with Gasteiger partial charge in [0.2, 0.25) is 5.91 Å². The standard InChI is InChI=1S/C25H23N5O2S/c1-18(23(31)27-24(32)26-20-13-7-3-8-14-20)33-25-29-28-22(17-19-11-5-2-6-12-19)30(25)21-15-9-4-10-16-21/h2-16,18H,17H2,1H3,(H2,26,27,31,32). The Kier molecular flexibility index (Phi) is 7.16. The van der Waals surface area contributed by atoms with Gasteiger partial charge in [-0.3, -0.25) is 14.7 Å². The number of benzene rings is 3. The van der Waals surface area contributed by atoms with Gasteiger partial charge in [-0.2, -0.15) is 0 Å². The number of para-hydroxylation sites is 2. The number of thioether (sulfide) groups is 1. The first-order valence-electron chi connectivity index (χ1n) is 10.5. The van der Waals surface area contributed by atoms with Crippen LogP contribution in [0.1, 0.15) is 18.3 Å². The molecule has 0 aliphatic rings. The molecule has 0 radical (unpaired) electrons. The zero-order valence-electron chi connectivity index (χ0n) is 18.0. The topological polar surface area (TPSA) is 88.9 Å². The molecule has 0 saturated heterocycles. The van der Waals surface area contributed by atoms with Gasteiger partial charge in [0.15, 0.2) is 5.16 Å². The lowest BCUT2D eigenvalue weighted by Crippen LogP contribution is -2.38. The van der Waals surface area contributed by atoms with E-state index in [-0.39, 0.29) is 0 Å². The average Bonchev–Trinajstić information content (AvgIpc) is 3.22. The third kappa shape index (κ3) is 5.87. The molecule has 33 heavy (non-hydrogen) atoms. The first-order chi connectivity index (χ1) is 16.1. The molecule has 0 spiro atoms. The van der Waals surface area contributed by atoms with Gasteiger partial charge in [-0.25, -0.2) is 4.79 Å². The highest BCUT2D eigenvalue weighted by Gasteiger charge is 2.22. The van der Waals surface area contributed by atoms with Gasteiger partial charge >= 0.3 is 6.03 Å². The normalized spacial score (nSPS) is 11.5. The highest BCUT2D eigenvalue weighted by molar-refractivity contribution is 8.00. The molecule has 1 atom stereocenters. The summed E-state index contributed by atoms with van der Waals surface area (Å²) in [7, 11) is 0. The Balaban J connectivity index is 1.49. The Bertz CT molecular complexity index is 1210. The molecule has 3 aromatic carbocycles. The fourth-order valence-electron chi connectivity index (χ4n) is 3.21. The van der Waals surface area contributed by atoms with E-state index in [9.17, 15) is 9.59 Å². The van der Waals surface area contributed by atoms with Crippen molar-refractivity contribution in [2.45, 2.75) is 23.8 Å². The molecule has 0 aliphatic carbocycles. The van der Waals surface area contributed by atoms with E-state index in [1.165, 1.54) is 11.8 Å². The molecule has 4 rings (SSSR count). The summed E-state index contributed by atoms with van der Waals surface area (Å²) in [5.41, 5.74) is 2.63. The molecule has 0 aliphatic heterocycles. The van der Waals surface area contributed by atoms with Crippen molar-refractivity contribution >= 4 is 29.4 Å². The molecule has 8 heteroatoms. The Labute approximate surface area is 196 Å². The molecule has 0 fully saturated rings. The molecule has 1 heterocycles. The Morgan fingerprint density at radius 1 is 0.879 bits per heavy atom. The SMILES string of the molecule is CC(Sc1nnc(Cc2ccccc2)n1-c1ccccc1)C(=O)NC(=O)Nc1ccccc1. The largest absolute Gasteiger partial charge is 0.325 e. The summed E-state index contributed by atoms with van der Waals surface area (Å²) in [5, 5.41) is 13.8. The second kappa shape index (κ2) is 10.6. The molecule has 3 amide bonds. The van der Waals surface area contributed by atoms with E-state index in [1.807, 2.05) is 71.3 Å². The molecule has 0 saturated carbocycles. The number of rotatable bonds is 7. The number of urea groups is 1. The number of carbonyl (C=O) groups is 2. The maximum atomic E-state index is 12.6. The zero-order chi connectivity index (χ0) is 23.0. The Morgan fingerprint density at radius 3 is 2.15 bits per heavy atom. The highest BCUT2D eigenvalue weighted by atomic mass is 32.2. The van der Waals surface area contributed by atoms with E-state index in [0.29, 0.717) is 17.3 Å². The number of hydrogen-bond acceptors (Lipinski definition) is 5. The minimum Gasteiger partial charge on any atom is -0.308 e. The van der Waals surface area contributed by atoms with Crippen molar-refractivity contribution in [3.8, 4) is 5.69 Å². The third-order valence-corrected chi connectivity index (χ3v) is 5.88. The maximum absolute atomic E-state index is 12.6. The van der Waals surface area contributed by atoms with Crippen molar-refractivity contribution in [1.29, 1.82) is 0 Å². The highest BCUT2D eigenvalue weighted by Crippen LogP contribution is 2.26. The van der Waals surface area contributed by atoms with Crippen LogP contribution in [0.4, 0.5) is 10.5 Å². The van der Waals surface area contributed by atoms with Crippen LogP contribution in [0, 0.1) is 0 Å². The summed E-state index contributed by atoms with van der Waals surface area (Å²) >= 11 is 1.25. The summed E-state index contributed by atoms with van der Waals surface area (Å²) in [5.74, 6) is 0.352. The van der Waals surface area contributed by atoms with Crippen LogP contribution < -0.4 is 10.6 Å². The van der Waals surface area contributed by atoms with Crippen molar-refractivity contribution < 1.29 is 9.59 Å². The molecule has 166 valence electrons. The van der Waals surface area contributed by atoms with Gasteiger partial charge in [0.05, 0.1) is 5.25 Å². The van der Waals surface area contributed by atoms with Gasteiger partial charge in [-0.05, 0) is 36.8 Å². The van der Waals surface area contributed by atoms with Crippen molar-refractivity contribution in [1.82, 2.24) is 20.1 Å². The fraction of sp³-hybridized carbons (Fsp3) is 0.120. The summed E-state index contributed by atoms with van der Waals surface area (Å²) in [6, 6.07) is 28.2. The summed E-state index contributed by atoms with van der Waals surface area (Å²) in [6.45, 7) is 1.73. The molecular weight excluding hydrogens is 434 g/mol. The summed E-state index contributed by atoms with van der Waals surface area (Å²) in [4.78, 5) is 24.8. The smallest absolute Gasteiger partial charge is 0.308 e. The van der Waals surface area contributed by atoms with E-state index in [2.05, 4.69) is 20.8 Å². The zero-order valence-corrected chi connectivity index (χ0v) is 18.8. The monoisotopic (exact) mass is 457 g/mol. The Morgan fingerprint density at radius 2 is 1.48 bits per heavy atom. The lowest BCUT2D eigenvalue weighted by molar-refractivity contribution is -0.119. The number of nitrogens with one attached hydrogen (secondary N) is 2. The average molecular weight is 458 g/mol. The van der Waals surface area contributed by atoms with Crippen LogP contribution in [-0.4, -0.2) is 32.0 Å². The van der Waals surface area contributed by atoms with Crippen LogP contribution in [-0.2, 0) is 11.2 Å². The second-order valence-electron chi connectivity index (χ2n) is 7.30. The number of amides is 3. The lowest BCUT2D eigenvalue weighted by atomic mass is 10.1. The van der Waals surface area contributed by atoms with Gasteiger partial charge in [0, 0.05) is 17.8 Å². The van der Waals surface area contributed by atoms with E-state index in [1.54, 1.807) is 31.2 Å². The quantitative estimate of drug-likeness (QED) is 0.393. The molecular formula is C25H23N5O2S. The lowest BCUT2D eigenvalue weighted by Gasteiger charge is -2.14. The number of hydrogen-bond donors (Lipinski definition) is 2. The first kappa shape index (κ1) is 22.3. The van der Waals surface area contributed by atoms with Crippen LogP contribution in [0.5, 0.6) is 0 Å². The van der Waals surface area contributed by atoms with Crippen LogP contribution in [0.25, 0.3) is 5.69 Å². The Hall–Kier alpha value is -3.91. The first-order valence-corrected chi connectivity index (χ1v) is 11.4. The number of aromatic nitrogens is 3. The predicted octanol–water partition coefficient (Wildman–Crippen LogP) is 4.69. The van der Waals surface area contributed by atoms with E-state index in [0.717, 1.165) is 17.1 Å². The van der Waals surface area contributed by atoms with Crippen molar-refractivity contribution in [2.24, 2.45) is 0 Å². The minimum atomic E-state index is -0.576. The molecule has 1 unspecified atom stereocenters. The molecule has 2 N–H and O–H groups in total. The van der Waals surface area contributed by atoms with Crippen LogP contribution >= 0.6 is 11.8 Å². The number of imide groups is 1. The van der Waals surface area contributed by atoms with Crippen LogP contribution in [0.3, 0.4) is 0 Å². The summed E-state index contributed by atoms with van der Waals surface area (Å²) in [6.07, 6.45) is 0.601. The number of nitrogens with zero attached hydrogens (tertiary/aromatic N) is 3. The van der Waals surface area contributed by atoms with E-state index < -0.39 is 17.2 Å². The van der Waals surface area contributed by atoms with Crippen molar-refractivity contribution in [3.63, 3.8) is 0 Å². The van der Waals surface area contributed by atoms with Gasteiger partial charge in [-0.1, -0.05) is 78.5 Å². The van der Waals surface area contributed by atoms with Gasteiger partial charge < -0.3 is 5.32 Å². The van der Waals surface area contributed by atoms with Crippen LogP contribution in [0.15, 0.2) is 96.2 Å². The van der Waals surface area contributed by atoms with Gasteiger partial charge in [0.1, 0.15) is 5.82 Å². The van der Waals surface area contributed by atoms with Crippen molar-refractivity contribution in [2.75, 3.05) is 5.32 Å². The molecule has 4 aromatic rings. The fourth-order valence-corrected chi connectivity index (χ4v) is 4.10.